The molecule has 0 bridgehead atoms. The summed E-state index contributed by atoms with van der Waals surface area (Å²) in [6, 6.07) is 12.9. The van der Waals surface area contributed by atoms with Crippen LogP contribution in [-0.4, -0.2) is 24.1 Å². The van der Waals surface area contributed by atoms with Gasteiger partial charge in [-0.15, -0.1) is 0 Å². The van der Waals surface area contributed by atoms with E-state index in [-0.39, 0.29) is 16.8 Å². The molecule has 1 amide bonds. The molecule has 140 valence electrons. The quantitative estimate of drug-likeness (QED) is 0.625. The van der Waals surface area contributed by atoms with Crippen molar-refractivity contribution < 1.29 is 13.2 Å². The summed E-state index contributed by atoms with van der Waals surface area (Å²) < 4.78 is 25.2. The highest BCUT2D eigenvalue weighted by molar-refractivity contribution is 9.10. The number of carbonyl (C=O) groups is 1. The molecule has 0 fully saturated rings. The average Bonchev–Trinajstić information content (AvgIpc) is 3.07. The SMILES string of the molecule is CC(NC(=O)c1ccc(-n2cc(Br)cn2)cc1)c1ccc(S(N)(=O)=O)cc1. The minimum atomic E-state index is -3.73. The van der Waals surface area contributed by atoms with Gasteiger partial charge in [-0.2, -0.15) is 5.10 Å². The van der Waals surface area contributed by atoms with E-state index in [0.29, 0.717) is 5.56 Å². The molecule has 0 aliphatic rings. The first-order valence-electron chi connectivity index (χ1n) is 7.98. The summed E-state index contributed by atoms with van der Waals surface area (Å²) in [7, 11) is -3.73. The highest BCUT2D eigenvalue weighted by Gasteiger charge is 2.13. The Bertz CT molecular complexity index is 1060. The largest absolute Gasteiger partial charge is 0.346 e. The van der Waals surface area contributed by atoms with Crippen molar-refractivity contribution in [1.82, 2.24) is 15.1 Å². The number of aromatic nitrogens is 2. The van der Waals surface area contributed by atoms with Gasteiger partial charge < -0.3 is 5.32 Å². The number of hydrogen-bond donors (Lipinski definition) is 2. The van der Waals surface area contributed by atoms with Crippen LogP contribution in [0.4, 0.5) is 0 Å². The van der Waals surface area contributed by atoms with Gasteiger partial charge in [-0.3, -0.25) is 4.79 Å². The van der Waals surface area contributed by atoms with Crippen molar-refractivity contribution in [3.05, 3.63) is 76.5 Å². The Labute approximate surface area is 165 Å². The molecule has 1 unspecified atom stereocenters. The summed E-state index contributed by atoms with van der Waals surface area (Å²) in [6.45, 7) is 1.82. The molecular weight excluding hydrogens is 432 g/mol. The molecule has 1 heterocycles. The number of benzene rings is 2. The number of amides is 1. The fourth-order valence-electron chi connectivity index (χ4n) is 2.52. The van der Waals surface area contributed by atoms with Crippen LogP contribution in [0.2, 0.25) is 0 Å². The zero-order valence-corrected chi connectivity index (χ0v) is 16.7. The number of nitrogens with one attached hydrogen (secondary N) is 1. The van der Waals surface area contributed by atoms with E-state index in [1.54, 1.807) is 47.3 Å². The number of primary sulfonamides is 1. The molecule has 7 nitrogen and oxygen atoms in total. The minimum absolute atomic E-state index is 0.0330. The zero-order valence-electron chi connectivity index (χ0n) is 14.3. The van der Waals surface area contributed by atoms with Crippen molar-refractivity contribution in [3.8, 4) is 5.69 Å². The Morgan fingerprint density at radius 3 is 2.30 bits per heavy atom. The molecule has 1 atom stereocenters. The molecule has 3 rings (SSSR count). The van der Waals surface area contributed by atoms with Crippen LogP contribution in [-0.2, 0) is 10.0 Å². The molecule has 0 radical (unpaired) electrons. The number of nitrogens with zero attached hydrogens (tertiary/aromatic N) is 2. The third-order valence-corrected chi connectivity index (χ3v) is 5.34. The van der Waals surface area contributed by atoms with E-state index in [1.807, 2.05) is 13.1 Å². The molecule has 3 N–H and O–H groups in total. The van der Waals surface area contributed by atoms with Crippen molar-refractivity contribution in [2.75, 3.05) is 0 Å². The van der Waals surface area contributed by atoms with Crippen molar-refractivity contribution in [2.24, 2.45) is 5.14 Å². The lowest BCUT2D eigenvalue weighted by molar-refractivity contribution is 0.0940. The maximum atomic E-state index is 12.4. The number of rotatable bonds is 5. The van der Waals surface area contributed by atoms with Gasteiger partial charge in [-0.1, -0.05) is 12.1 Å². The van der Waals surface area contributed by atoms with E-state index in [2.05, 4.69) is 26.3 Å². The van der Waals surface area contributed by atoms with Crippen molar-refractivity contribution in [1.29, 1.82) is 0 Å². The molecule has 0 saturated heterocycles. The summed E-state index contributed by atoms with van der Waals surface area (Å²) in [4.78, 5) is 12.5. The van der Waals surface area contributed by atoms with Crippen LogP contribution in [0.5, 0.6) is 0 Å². The van der Waals surface area contributed by atoms with E-state index >= 15 is 0 Å². The third-order valence-electron chi connectivity index (χ3n) is 4.00. The lowest BCUT2D eigenvalue weighted by Crippen LogP contribution is -2.26. The molecule has 27 heavy (non-hydrogen) atoms. The molecule has 1 aromatic heterocycles. The normalized spacial score (nSPS) is 12.6. The summed E-state index contributed by atoms with van der Waals surface area (Å²) in [5.41, 5.74) is 2.12. The topological polar surface area (TPSA) is 107 Å². The van der Waals surface area contributed by atoms with Gasteiger partial charge >= 0.3 is 0 Å². The number of carbonyl (C=O) groups excluding carboxylic acids is 1. The molecule has 0 aliphatic heterocycles. The maximum Gasteiger partial charge on any atom is 0.251 e. The minimum Gasteiger partial charge on any atom is -0.346 e. The molecule has 3 aromatic rings. The molecule has 0 spiro atoms. The summed E-state index contributed by atoms with van der Waals surface area (Å²) in [6.07, 6.45) is 3.51. The first kappa shape index (κ1) is 19.3. The van der Waals surface area contributed by atoms with E-state index in [9.17, 15) is 13.2 Å². The number of hydrogen-bond acceptors (Lipinski definition) is 4. The van der Waals surface area contributed by atoms with Crippen molar-refractivity contribution in [3.63, 3.8) is 0 Å². The summed E-state index contributed by atoms with van der Waals surface area (Å²) in [5, 5.41) is 12.2. The molecule has 2 aromatic carbocycles. The monoisotopic (exact) mass is 448 g/mol. The molecule has 0 aliphatic carbocycles. The van der Waals surface area contributed by atoms with Gasteiger partial charge in [0.25, 0.3) is 5.91 Å². The van der Waals surface area contributed by atoms with Crippen molar-refractivity contribution >= 4 is 31.9 Å². The van der Waals surface area contributed by atoms with Gasteiger partial charge in [0.1, 0.15) is 0 Å². The predicted molar refractivity (Wildman–Crippen MR) is 105 cm³/mol. The molecular formula is C18H17BrN4O3S. The van der Waals surface area contributed by atoms with Gasteiger partial charge in [0.05, 0.1) is 27.3 Å². The Hall–Kier alpha value is -2.49. The fourth-order valence-corrected chi connectivity index (χ4v) is 3.32. The lowest BCUT2D eigenvalue weighted by Gasteiger charge is -2.15. The standard InChI is InChI=1S/C18H17BrN4O3S/c1-12(13-4-8-17(9-5-13)27(20,25)26)22-18(24)14-2-6-16(7-3-14)23-11-15(19)10-21-23/h2-12H,1H3,(H,22,24)(H2,20,25,26). The first-order chi connectivity index (χ1) is 12.7. The van der Waals surface area contributed by atoms with Gasteiger partial charge in [-0.05, 0) is 64.8 Å². The van der Waals surface area contributed by atoms with Crippen LogP contribution in [0, 0.1) is 0 Å². The van der Waals surface area contributed by atoms with Crippen LogP contribution >= 0.6 is 15.9 Å². The Morgan fingerprint density at radius 2 is 1.78 bits per heavy atom. The number of sulfonamides is 1. The Morgan fingerprint density at radius 1 is 1.15 bits per heavy atom. The van der Waals surface area contributed by atoms with E-state index in [1.165, 1.54) is 12.1 Å². The second-order valence-corrected chi connectivity index (χ2v) is 8.44. The lowest BCUT2D eigenvalue weighted by atomic mass is 10.1. The maximum absolute atomic E-state index is 12.4. The highest BCUT2D eigenvalue weighted by atomic mass is 79.9. The van der Waals surface area contributed by atoms with E-state index in [0.717, 1.165) is 15.7 Å². The highest BCUT2D eigenvalue weighted by Crippen LogP contribution is 2.17. The van der Waals surface area contributed by atoms with Gasteiger partial charge in [-0.25, -0.2) is 18.2 Å². The van der Waals surface area contributed by atoms with Crippen LogP contribution in [0.15, 0.2) is 70.3 Å². The van der Waals surface area contributed by atoms with Crippen LogP contribution in [0.3, 0.4) is 0 Å². The first-order valence-corrected chi connectivity index (χ1v) is 10.3. The second kappa shape index (κ2) is 7.63. The van der Waals surface area contributed by atoms with Gasteiger partial charge in [0.15, 0.2) is 0 Å². The smallest absolute Gasteiger partial charge is 0.251 e. The second-order valence-electron chi connectivity index (χ2n) is 5.96. The van der Waals surface area contributed by atoms with Gasteiger partial charge in [0, 0.05) is 11.8 Å². The summed E-state index contributed by atoms with van der Waals surface area (Å²) >= 11 is 3.34. The summed E-state index contributed by atoms with van der Waals surface area (Å²) in [5.74, 6) is -0.230. The van der Waals surface area contributed by atoms with Crippen LogP contribution in [0.1, 0.15) is 28.9 Å². The number of nitrogens with two attached hydrogens (primary N) is 1. The van der Waals surface area contributed by atoms with Crippen molar-refractivity contribution in [2.45, 2.75) is 17.9 Å². The Kier molecular flexibility index (Phi) is 5.45. The van der Waals surface area contributed by atoms with Crippen LogP contribution < -0.4 is 10.5 Å². The van der Waals surface area contributed by atoms with Crippen LogP contribution in [0.25, 0.3) is 5.69 Å². The Balaban J connectivity index is 1.69. The fraction of sp³-hybridized carbons (Fsp3) is 0.111. The zero-order chi connectivity index (χ0) is 19.6. The predicted octanol–water partition coefficient (Wildman–Crippen LogP) is 2.77. The van der Waals surface area contributed by atoms with Gasteiger partial charge in [0.2, 0.25) is 10.0 Å². The average molecular weight is 449 g/mol. The van der Waals surface area contributed by atoms with E-state index < -0.39 is 10.0 Å². The third kappa shape index (κ3) is 4.62. The molecule has 9 heteroatoms. The molecule has 0 saturated carbocycles. The van der Waals surface area contributed by atoms with E-state index in [4.69, 9.17) is 5.14 Å². The number of halogens is 1.